The summed E-state index contributed by atoms with van der Waals surface area (Å²) in [5.74, 6) is 0.0641. The molecule has 2 aromatic rings. The van der Waals surface area contributed by atoms with Gasteiger partial charge in [0.2, 0.25) is 5.95 Å². The van der Waals surface area contributed by atoms with Gasteiger partial charge >= 0.3 is 6.03 Å². The number of rotatable bonds is 6. The van der Waals surface area contributed by atoms with E-state index in [2.05, 4.69) is 27.6 Å². The predicted octanol–water partition coefficient (Wildman–Crippen LogP) is 4.66. The lowest BCUT2D eigenvalue weighted by molar-refractivity contribution is 0.0463. The summed E-state index contributed by atoms with van der Waals surface area (Å²) in [7, 11) is 3.90. The van der Waals surface area contributed by atoms with Gasteiger partial charge in [0.15, 0.2) is 5.82 Å². The molecule has 2 saturated heterocycles. The molecule has 1 unspecified atom stereocenters. The molecular formula is C29H39FN8O2. The molecule has 10 nitrogen and oxygen atoms in total. The molecule has 2 N–H and O–H groups in total. The third kappa shape index (κ3) is 4.84. The molecular weight excluding hydrogens is 511 g/mol. The smallest absolute Gasteiger partial charge is 0.343 e. The Balaban J connectivity index is 1.18. The van der Waals surface area contributed by atoms with E-state index >= 15 is 4.39 Å². The minimum absolute atomic E-state index is 0.110. The van der Waals surface area contributed by atoms with Crippen molar-refractivity contribution in [3.63, 3.8) is 0 Å². The number of carbonyl (C=O) groups excluding carboxylic acids is 2. The number of anilines is 4. The Labute approximate surface area is 234 Å². The fourth-order valence-electron chi connectivity index (χ4n) is 7.00. The van der Waals surface area contributed by atoms with E-state index in [-0.39, 0.29) is 35.7 Å². The van der Waals surface area contributed by atoms with Gasteiger partial charge in [-0.05, 0) is 70.7 Å². The Hall–Kier alpha value is -3.47. The molecule has 4 aliphatic rings. The first-order valence-electron chi connectivity index (χ1n) is 14.6. The van der Waals surface area contributed by atoms with Gasteiger partial charge in [0.1, 0.15) is 11.5 Å². The highest BCUT2D eigenvalue weighted by atomic mass is 19.1. The second-order valence-electron chi connectivity index (χ2n) is 11.6. The maximum Gasteiger partial charge on any atom is 0.343 e. The Morgan fingerprint density at radius 2 is 1.75 bits per heavy atom. The highest BCUT2D eigenvalue weighted by Gasteiger charge is 2.40. The van der Waals surface area contributed by atoms with E-state index in [1.54, 1.807) is 35.3 Å². The number of nitrogens with zero attached hydrogens (tertiary/aromatic N) is 6. The number of nitrogens with one attached hydrogen (secondary N) is 2. The molecule has 1 aromatic heterocycles. The van der Waals surface area contributed by atoms with E-state index in [9.17, 15) is 9.59 Å². The van der Waals surface area contributed by atoms with E-state index < -0.39 is 5.82 Å². The Kier molecular flexibility index (Phi) is 7.24. The van der Waals surface area contributed by atoms with Gasteiger partial charge in [0.25, 0.3) is 5.91 Å². The van der Waals surface area contributed by atoms with E-state index in [0.29, 0.717) is 35.7 Å². The molecule has 1 aliphatic carbocycles. The largest absolute Gasteiger partial charge is 0.349 e. The molecule has 1 saturated carbocycles. The summed E-state index contributed by atoms with van der Waals surface area (Å²) in [6.45, 7) is 2.47. The van der Waals surface area contributed by atoms with Gasteiger partial charge in [-0.15, -0.1) is 0 Å². The summed E-state index contributed by atoms with van der Waals surface area (Å²) in [5.41, 5.74) is 1.10. The number of hydrazine groups is 1. The van der Waals surface area contributed by atoms with Crippen molar-refractivity contribution in [2.24, 2.45) is 0 Å². The Morgan fingerprint density at radius 1 is 1.05 bits per heavy atom. The lowest BCUT2D eigenvalue weighted by Gasteiger charge is -2.47. The zero-order valence-electron chi connectivity index (χ0n) is 23.6. The molecule has 0 spiro atoms. The average molecular weight is 551 g/mol. The van der Waals surface area contributed by atoms with Crippen LogP contribution in [0.2, 0.25) is 0 Å². The predicted molar refractivity (Wildman–Crippen MR) is 152 cm³/mol. The SMILES string of the molecule is CCN1C(=O)N(C)c2cnc(Nc3ccc(C(=O)NC4C[C@H]5CCC[C@@H](C4)N5C)cc3F)nc2N1C1CCCC1. The first-order valence-corrected chi connectivity index (χ1v) is 14.6. The third-order valence-corrected chi connectivity index (χ3v) is 9.22. The fourth-order valence-corrected chi connectivity index (χ4v) is 7.00. The van der Waals surface area contributed by atoms with Crippen LogP contribution in [0.1, 0.15) is 75.1 Å². The maximum absolute atomic E-state index is 15.2. The Morgan fingerprint density at radius 3 is 2.42 bits per heavy atom. The number of piperidine rings is 2. The molecule has 2 bridgehead atoms. The van der Waals surface area contributed by atoms with Crippen LogP contribution in [-0.4, -0.2) is 76.6 Å². The number of benzene rings is 1. The summed E-state index contributed by atoms with van der Waals surface area (Å²) < 4.78 is 15.2. The summed E-state index contributed by atoms with van der Waals surface area (Å²) in [5, 5.41) is 9.85. The van der Waals surface area contributed by atoms with Gasteiger partial charge < -0.3 is 15.5 Å². The first-order chi connectivity index (χ1) is 19.3. The van der Waals surface area contributed by atoms with Crippen LogP contribution in [0.4, 0.5) is 32.3 Å². The molecule has 214 valence electrons. The molecule has 11 heteroatoms. The minimum Gasteiger partial charge on any atom is -0.349 e. The fraction of sp³-hybridized carbons (Fsp3) is 0.586. The van der Waals surface area contributed by atoms with Gasteiger partial charge in [-0.2, -0.15) is 4.98 Å². The van der Waals surface area contributed by atoms with E-state index in [1.807, 2.05) is 11.9 Å². The van der Waals surface area contributed by atoms with Crippen LogP contribution in [0.15, 0.2) is 24.4 Å². The van der Waals surface area contributed by atoms with Crippen LogP contribution in [0.25, 0.3) is 0 Å². The molecule has 40 heavy (non-hydrogen) atoms. The molecule has 3 aliphatic heterocycles. The molecule has 0 radical (unpaired) electrons. The number of amides is 3. The monoisotopic (exact) mass is 550 g/mol. The van der Waals surface area contributed by atoms with Crippen molar-refractivity contribution in [3.05, 3.63) is 35.8 Å². The van der Waals surface area contributed by atoms with Crippen molar-refractivity contribution in [1.82, 2.24) is 25.2 Å². The maximum atomic E-state index is 15.2. The summed E-state index contributed by atoms with van der Waals surface area (Å²) >= 11 is 0. The second-order valence-corrected chi connectivity index (χ2v) is 11.6. The molecule has 3 amide bonds. The zero-order valence-corrected chi connectivity index (χ0v) is 23.6. The van der Waals surface area contributed by atoms with E-state index in [4.69, 9.17) is 4.98 Å². The van der Waals surface area contributed by atoms with Crippen molar-refractivity contribution >= 4 is 35.1 Å². The van der Waals surface area contributed by atoms with Crippen LogP contribution >= 0.6 is 0 Å². The van der Waals surface area contributed by atoms with Gasteiger partial charge in [-0.3, -0.25) is 14.7 Å². The molecule has 3 fully saturated rings. The number of hydrogen-bond donors (Lipinski definition) is 2. The zero-order chi connectivity index (χ0) is 28.0. The van der Waals surface area contributed by atoms with Crippen LogP contribution in [0.3, 0.4) is 0 Å². The van der Waals surface area contributed by atoms with Gasteiger partial charge in [-0.1, -0.05) is 19.3 Å². The van der Waals surface area contributed by atoms with E-state index in [0.717, 1.165) is 38.5 Å². The van der Waals surface area contributed by atoms with Crippen molar-refractivity contribution in [3.8, 4) is 0 Å². The standard InChI is InChI=1S/C29H39FN8O2/c1-4-37-29(40)36(3)25-17-31-28(34-26(25)38(37)20-8-5-6-9-20)33-24-13-12-18(14-23(24)30)27(39)32-19-15-21-10-7-11-22(16-19)35(21)2/h12-14,17,19-22H,4-11,15-16H2,1-3H3,(H,32,39)(H,31,33,34)/t19?,21-,22+. The Bertz CT molecular complexity index is 1270. The van der Waals surface area contributed by atoms with Crippen LogP contribution in [-0.2, 0) is 0 Å². The normalized spacial score (nSPS) is 25.2. The lowest BCUT2D eigenvalue weighted by Crippen LogP contribution is -2.59. The number of carbonyl (C=O) groups is 2. The number of aromatic nitrogens is 2. The highest BCUT2D eigenvalue weighted by molar-refractivity contribution is 5.98. The topological polar surface area (TPSA) is 96.9 Å². The van der Waals surface area contributed by atoms with Crippen LogP contribution in [0, 0.1) is 5.82 Å². The van der Waals surface area contributed by atoms with Gasteiger partial charge in [0, 0.05) is 37.3 Å². The number of hydrogen-bond acceptors (Lipinski definition) is 7. The average Bonchev–Trinajstić information content (AvgIpc) is 3.46. The summed E-state index contributed by atoms with van der Waals surface area (Å²) in [6, 6.07) is 5.63. The molecule has 1 aromatic carbocycles. The molecule has 6 rings (SSSR count). The number of halogens is 1. The lowest BCUT2D eigenvalue weighted by atomic mass is 9.82. The molecule has 4 heterocycles. The van der Waals surface area contributed by atoms with Crippen LogP contribution in [0.5, 0.6) is 0 Å². The highest BCUT2D eigenvalue weighted by Crippen LogP contribution is 2.39. The van der Waals surface area contributed by atoms with Crippen molar-refractivity contribution in [1.29, 1.82) is 0 Å². The quantitative estimate of drug-likeness (QED) is 0.540. The summed E-state index contributed by atoms with van der Waals surface area (Å²) in [4.78, 5) is 39.2. The molecule has 3 atom stereocenters. The first kappa shape index (κ1) is 26.7. The van der Waals surface area contributed by atoms with Gasteiger partial charge in [-0.25, -0.2) is 19.2 Å². The minimum atomic E-state index is -0.552. The van der Waals surface area contributed by atoms with Crippen molar-refractivity contribution < 1.29 is 14.0 Å². The summed E-state index contributed by atoms with van der Waals surface area (Å²) in [6.07, 6.45) is 11.2. The van der Waals surface area contributed by atoms with Crippen LogP contribution < -0.4 is 20.5 Å². The van der Waals surface area contributed by atoms with E-state index in [1.165, 1.54) is 25.3 Å². The number of fused-ring (bicyclic) bond motifs is 3. The third-order valence-electron chi connectivity index (χ3n) is 9.22. The second kappa shape index (κ2) is 10.8. The van der Waals surface area contributed by atoms with Crippen molar-refractivity contribution in [2.75, 3.05) is 35.9 Å². The number of urea groups is 1. The van der Waals surface area contributed by atoms with Crippen molar-refractivity contribution in [2.45, 2.75) is 88.9 Å². The van der Waals surface area contributed by atoms with Gasteiger partial charge in [0.05, 0.1) is 17.9 Å².